The molecule has 1 atom stereocenters. The predicted octanol–water partition coefficient (Wildman–Crippen LogP) is 9.24. The largest absolute Gasteiger partial charge is 0.0802 e. The van der Waals surface area contributed by atoms with Gasteiger partial charge in [0.15, 0.2) is 0 Å². The maximum atomic E-state index is 3.98. The molecule has 31 heavy (non-hydrogen) atoms. The molecule has 0 saturated heterocycles. The molecule has 1 aliphatic rings. The molecule has 0 nitrogen and oxygen atoms in total. The lowest BCUT2D eigenvalue weighted by molar-refractivity contribution is 0.389. The van der Waals surface area contributed by atoms with E-state index < -0.39 is 0 Å². The highest BCUT2D eigenvalue weighted by Crippen LogP contribution is 2.54. The van der Waals surface area contributed by atoms with E-state index in [1.165, 1.54) is 22.3 Å². The summed E-state index contributed by atoms with van der Waals surface area (Å²) >= 11 is 7.77. The number of hydrogen-bond donors (Lipinski definition) is 0. The van der Waals surface area contributed by atoms with E-state index >= 15 is 0 Å². The molecule has 2 heteroatoms. The lowest BCUT2D eigenvalue weighted by atomic mass is 9.58. The van der Waals surface area contributed by atoms with Crippen molar-refractivity contribution in [1.29, 1.82) is 0 Å². The zero-order valence-corrected chi connectivity index (χ0v) is 21.3. The van der Waals surface area contributed by atoms with Gasteiger partial charge in [0.1, 0.15) is 0 Å². The number of benzene rings is 3. The Hall–Kier alpha value is -1.90. The van der Waals surface area contributed by atoms with Crippen LogP contribution in [0.1, 0.15) is 49.8 Å². The molecule has 158 valence electrons. The van der Waals surface area contributed by atoms with Gasteiger partial charge in [0.25, 0.3) is 0 Å². The van der Waals surface area contributed by atoms with Crippen molar-refractivity contribution in [3.8, 4) is 0 Å². The molecule has 0 aliphatic heterocycles. The number of halogens is 2. The SMILES string of the molecule is CCCC(C1=C(C)C=CC1)C(c1ccccc1)(c1ccccc1)c1cccc(Br)c1Br. The van der Waals surface area contributed by atoms with Crippen LogP contribution in [-0.4, -0.2) is 0 Å². The van der Waals surface area contributed by atoms with E-state index in [9.17, 15) is 0 Å². The minimum Gasteiger partial charge on any atom is -0.0802 e. The van der Waals surface area contributed by atoms with Crippen LogP contribution in [0.15, 0.2) is 111 Å². The summed E-state index contributed by atoms with van der Waals surface area (Å²) in [5, 5.41) is 0. The van der Waals surface area contributed by atoms with Gasteiger partial charge in [-0.3, -0.25) is 0 Å². The van der Waals surface area contributed by atoms with Gasteiger partial charge < -0.3 is 0 Å². The van der Waals surface area contributed by atoms with Gasteiger partial charge in [-0.2, -0.15) is 0 Å². The first kappa shape index (κ1) is 22.3. The van der Waals surface area contributed by atoms with E-state index in [1.807, 2.05) is 0 Å². The van der Waals surface area contributed by atoms with Crippen molar-refractivity contribution in [1.82, 2.24) is 0 Å². The zero-order valence-electron chi connectivity index (χ0n) is 18.1. The van der Waals surface area contributed by atoms with Gasteiger partial charge in [0, 0.05) is 8.95 Å². The first-order valence-corrected chi connectivity index (χ1v) is 12.6. The van der Waals surface area contributed by atoms with Crippen molar-refractivity contribution in [2.24, 2.45) is 5.92 Å². The van der Waals surface area contributed by atoms with Crippen LogP contribution in [0, 0.1) is 5.92 Å². The summed E-state index contributed by atoms with van der Waals surface area (Å²) in [6.07, 6.45) is 7.91. The lowest BCUT2D eigenvalue weighted by Crippen LogP contribution is -2.39. The maximum Gasteiger partial charge on any atom is 0.0528 e. The summed E-state index contributed by atoms with van der Waals surface area (Å²) in [6.45, 7) is 4.58. The Kier molecular flexibility index (Phi) is 6.99. The van der Waals surface area contributed by atoms with E-state index in [-0.39, 0.29) is 5.41 Å². The molecular formula is C29H28Br2. The Morgan fingerprint density at radius 1 is 0.839 bits per heavy atom. The first-order valence-electron chi connectivity index (χ1n) is 11.0. The second kappa shape index (κ2) is 9.71. The standard InChI is InChI=1S/C29H28Br2/c1-3-12-25(24-18-10-13-21(24)2)29(22-14-6-4-7-15-22,23-16-8-5-9-17-23)26-19-11-20-27(30)28(26)31/h4-11,13-17,19-20,25H,3,12,18H2,1-2H3. The summed E-state index contributed by atoms with van der Waals surface area (Å²) in [5.74, 6) is 0.350. The summed E-state index contributed by atoms with van der Waals surface area (Å²) in [5.41, 5.74) is 6.66. The van der Waals surface area contributed by atoms with Gasteiger partial charge in [-0.05, 0) is 80.3 Å². The van der Waals surface area contributed by atoms with E-state index in [0.29, 0.717) is 5.92 Å². The fourth-order valence-corrected chi connectivity index (χ4v) is 6.21. The van der Waals surface area contributed by atoms with E-state index in [4.69, 9.17) is 0 Å². The monoisotopic (exact) mass is 534 g/mol. The summed E-state index contributed by atoms with van der Waals surface area (Å²) in [4.78, 5) is 0. The van der Waals surface area contributed by atoms with E-state index in [1.54, 1.807) is 5.57 Å². The maximum absolute atomic E-state index is 3.98. The average Bonchev–Trinajstić information content (AvgIpc) is 3.23. The second-order valence-corrected chi connectivity index (χ2v) is 9.94. The Morgan fingerprint density at radius 3 is 1.97 bits per heavy atom. The molecular weight excluding hydrogens is 508 g/mol. The highest BCUT2D eigenvalue weighted by molar-refractivity contribution is 9.13. The van der Waals surface area contributed by atoms with Gasteiger partial charge in [0.2, 0.25) is 0 Å². The van der Waals surface area contributed by atoms with Crippen LogP contribution < -0.4 is 0 Å². The molecule has 0 saturated carbocycles. The molecule has 0 heterocycles. The van der Waals surface area contributed by atoms with Crippen LogP contribution in [0.5, 0.6) is 0 Å². The van der Waals surface area contributed by atoms with Crippen LogP contribution in [0.3, 0.4) is 0 Å². The van der Waals surface area contributed by atoms with Crippen molar-refractivity contribution in [2.45, 2.75) is 38.5 Å². The molecule has 3 aromatic carbocycles. The molecule has 0 bridgehead atoms. The molecule has 3 aromatic rings. The fourth-order valence-electron chi connectivity index (χ4n) is 5.27. The third-order valence-electron chi connectivity index (χ3n) is 6.57. The van der Waals surface area contributed by atoms with Crippen molar-refractivity contribution >= 4 is 31.9 Å². The number of rotatable bonds is 7. The quantitative estimate of drug-likeness (QED) is 0.264. The normalized spacial score (nSPS) is 14.8. The molecule has 1 aliphatic carbocycles. The van der Waals surface area contributed by atoms with Crippen molar-refractivity contribution in [3.63, 3.8) is 0 Å². The Bertz CT molecular complexity index is 1050. The molecule has 1 unspecified atom stereocenters. The molecule has 4 rings (SSSR count). The average molecular weight is 536 g/mol. The van der Waals surface area contributed by atoms with Gasteiger partial charge >= 0.3 is 0 Å². The predicted molar refractivity (Wildman–Crippen MR) is 139 cm³/mol. The van der Waals surface area contributed by atoms with Crippen molar-refractivity contribution in [2.75, 3.05) is 0 Å². The molecule has 0 N–H and O–H groups in total. The van der Waals surface area contributed by atoms with E-state index in [2.05, 4.69) is 137 Å². The Balaban J connectivity index is 2.15. The Labute approximate surface area is 203 Å². The van der Waals surface area contributed by atoms with Gasteiger partial charge in [-0.1, -0.05) is 109 Å². The van der Waals surface area contributed by atoms with Crippen molar-refractivity contribution < 1.29 is 0 Å². The summed E-state index contributed by atoms with van der Waals surface area (Å²) in [6, 6.07) is 28.8. The highest BCUT2D eigenvalue weighted by Gasteiger charge is 2.46. The van der Waals surface area contributed by atoms with Crippen LogP contribution in [0.2, 0.25) is 0 Å². The molecule has 0 spiro atoms. The number of allylic oxidation sites excluding steroid dienone is 4. The van der Waals surface area contributed by atoms with Gasteiger partial charge in [-0.25, -0.2) is 0 Å². The van der Waals surface area contributed by atoms with Crippen LogP contribution in [-0.2, 0) is 5.41 Å². The smallest absolute Gasteiger partial charge is 0.0528 e. The Morgan fingerprint density at radius 2 is 1.45 bits per heavy atom. The molecule has 0 amide bonds. The molecule has 0 fully saturated rings. The highest BCUT2D eigenvalue weighted by atomic mass is 79.9. The van der Waals surface area contributed by atoms with Gasteiger partial charge in [0.05, 0.1) is 5.41 Å². The first-order chi connectivity index (χ1) is 15.1. The van der Waals surface area contributed by atoms with Crippen LogP contribution >= 0.6 is 31.9 Å². The molecule has 0 radical (unpaired) electrons. The second-order valence-electron chi connectivity index (χ2n) is 8.30. The van der Waals surface area contributed by atoms with Crippen LogP contribution in [0.4, 0.5) is 0 Å². The third-order valence-corrected chi connectivity index (χ3v) is 8.61. The zero-order chi connectivity index (χ0) is 21.8. The topological polar surface area (TPSA) is 0 Å². The minimum atomic E-state index is -0.302. The van der Waals surface area contributed by atoms with Gasteiger partial charge in [-0.15, -0.1) is 0 Å². The minimum absolute atomic E-state index is 0.302. The summed E-state index contributed by atoms with van der Waals surface area (Å²) < 4.78 is 2.22. The van der Waals surface area contributed by atoms with E-state index in [0.717, 1.165) is 28.2 Å². The fraction of sp³-hybridized carbons (Fsp3) is 0.241. The third kappa shape index (κ3) is 4.01. The summed E-state index contributed by atoms with van der Waals surface area (Å²) in [7, 11) is 0. The number of hydrogen-bond acceptors (Lipinski definition) is 0. The molecule has 0 aromatic heterocycles. The van der Waals surface area contributed by atoms with Crippen LogP contribution in [0.25, 0.3) is 0 Å². The van der Waals surface area contributed by atoms with Crippen molar-refractivity contribution in [3.05, 3.63) is 128 Å². The lowest BCUT2D eigenvalue weighted by Gasteiger charge is -2.45.